The zero-order chi connectivity index (χ0) is 23.6. The zero-order valence-electron chi connectivity index (χ0n) is 20.3. The Morgan fingerprint density at radius 3 is 2.12 bits per heavy atom. The minimum atomic E-state index is -1.24. The molecule has 1 unspecified atom stereocenters. The van der Waals surface area contributed by atoms with Gasteiger partial charge in [0.15, 0.2) is 0 Å². The predicted molar refractivity (Wildman–Crippen MR) is 127 cm³/mol. The van der Waals surface area contributed by atoms with Gasteiger partial charge in [-0.25, -0.2) is 4.98 Å². The summed E-state index contributed by atoms with van der Waals surface area (Å²) in [5.74, 6) is -0.465. The number of aliphatic carboxylic acids is 1. The molecule has 0 fully saturated rings. The number of rotatable bonds is 12. The van der Waals surface area contributed by atoms with Gasteiger partial charge in [0, 0.05) is 23.7 Å². The van der Waals surface area contributed by atoms with E-state index in [1.165, 1.54) is 0 Å². The summed E-state index contributed by atoms with van der Waals surface area (Å²) in [5, 5.41) is 10.5. The van der Waals surface area contributed by atoms with Crippen LogP contribution in [0.3, 0.4) is 0 Å². The second kappa shape index (κ2) is 14.2. The molecule has 0 saturated carbocycles. The van der Waals surface area contributed by atoms with E-state index in [2.05, 4.69) is 18.7 Å². The second-order valence-corrected chi connectivity index (χ2v) is 8.01. The Hall–Kier alpha value is -2.29. The number of ether oxygens (including phenoxy) is 2. The number of hydrogen-bond donors (Lipinski definition) is 0. The molecule has 0 aliphatic heterocycles. The van der Waals surface area contributed by atoms with E-state index in [0.717, 1.165) is 28.3 Å². The molecule has 0 aliphatic carbocycles. The van der Waals surface area contributed by atoms with E-state index < -0.39 is 12.6 Å². The number of hydrogen-bond acceptors (Lipinski definition) is 7. The van der Waals surface area contributed by atoms with E-state index in [1.54, 1.807) is 6.20 Å². The zero-order valence-corrected chi connectivity index (χ0v) is 22.3. The number of nitrogens with zero attached hydrogens (tertiary/aromatic N) is 3. The average Bonchev–Trinajstić information content (AvgIpc) is 2.82. The van der Waals surface area contributed by atoms with Crippen molar-refractivity contribution in [2.24, 2.45) is 0 Å². The van der Waals surface area contributed by atoms with Gasteiger partial charge in [0.2, 0.25) is 0 Å². The van der Waals surface area contributed by atoms with Crippen LogP contribution in [0.4, 0.5) is 5.82 Å². The molecule has 34 heavy (non-hydrogen) atoms. The number of anilines is 1. The summed E-state index contributed by atoms with van der Waals surface area (Å²) in [6.45, 7) is 6.85. The Labute approximate surface area is 223 Å². The molecule has 0 saturated heterocycles. The van der Waals surface area contributed by atoms with Gasteiger partial charge >= 0.3 is 29.6 Å². The SMILES string of the molecule is CC(COCC(=O)[O-])OCCN(c1cnc(-c2ccccc2)c(-c2ccccc2)n1)C(C)C.[Na+]. The van der Waals surface area contributed by atoms with Crippen LogP contribution in [-0.4, -0.2) is 54.4 Å². The topological polar surface area (TPSA) is 87.6 Å². The molecule has 0 amide bonds. The summed E-state index contributed by atoms with van der Waals surface area (Å²) in [7, 11) is 0. The summed E-state index contributed by atoms with van der Waals surface area (Å²) in [6.07, 6.45) is 1.58. The second-order valence-electron chi connectivity index (χ2n) is 8.01. The molecule has 3 rings (SSSR count). The van der Waals surface area contributed by atoms with Crippen molar-refractivity contribution in [3.63, 3.8) is 0 Å². The van der Waals surface area contributed by atoms with Crippen LogP contribution >= 0.6 is 0 Å². The standard InChI is InChI=1S/C26H31N3O4.Na/c1-19(2)29(14-15-33-20(3)17-32-18-24(30)31)23-16-27-25(21-10-6-4-7-11-21)26(28-23)22-12-8-5-9-13-22;/h4-13,16,19-20H,14-15,17-18H2,1-3H3,(H,30,31);/q;+1/p-1. The fourth-order valence-corrected chi connectivity index (χ4v) is 3.47. The Morgan fingerprint density at radius 2 is 1.56 bits per heavy atom. The molecule has 0 N–H and O–H groups in total. The molecule has 2 aromatic carbocycles. The first-order valence-corrected chi connectivity index (χ1v) is 11.1. The summed E-state index contributed by atoms with van der Waals surface area (Å²) >= 11 is 0. The van der Waals surface area contributed by atoms with Crippen molar-refractivity contribution in [2.75, 3.05) is 31.3 Å². The first-order valence-electron chi connectivity index (χ1n) is 11.1. The van der Waals surface area contributed by atoms with Gasteiger partial charge in [0.25, 0.3) is 0 Å². The first kappa shape index (κ1) is 28.0. The molecule has 8 heteroatoms. The predicted octanol–water partition coefficient (Wildman–Crippen LogP) is 0.201. The van der Waals surface area contributed by atoms with Crippen LogP contribution in [0.25, 0.3) is 22.5 Å². The molecule has 0 radical (unpaired) electrons. The van der Waals surface area contributed by atoms with Crippen molar-refractivity contribution in [1.82, 2.24) is 9.97 Å². The van der Waals surface area contributed by atoms with Crippen LogP contribution in [0.2, 0.25) is 0 Å². The monoisotopic (exact) mass is 471 g/mol. The van der Waals surface area contributed by atoms with Gasteiger partial charge in [-0.1, -0.05) is 60.7 Å². The van der Waals surface area contributed by atoms with Crippen molar-refractivity contribution >= 4 is 11.8 Å². The van der Waals surface area contributed by atoms with Crippen molar-refractivity contribution in [3.8, 4) is 22.5 Å². The maximum Gasteiger partial charge on any atom is 1.00 e. The Morgan fingerprint density at radius 1 is 0.971 bits per heavy atom. The molecule has 3 aromatic rings. The van der Waals surface area contributed by atoms with Crippen molar-refractivity contribution in [2.45, 2.75) is 32.9 Å². The first-order chi connectivity index (χ1) is 16.0. The summed E-state index contributed by atoms with van der Waals surface area (Å²) in [4.78, 5) is 22.4. The van der Waals surface area contributed by atoms with Crippen LogP contribution in [-0.2, 0) is 14.3 Å². The normalized spacial score (nSPS) is 11.6. The fourth-order valence-electron chi connectivity index (χ4n) is 3.47. The quantitative estimate of drug-likeness (QED) is 0.349. The molecular formula is C26H30N3NaO4. The molecular weight excluding hydrogens is 441 g/mol. The van der Waals surface area contributed by atoms with Crippen LogP contribution < -0.4 is 39.6 Å². The van der Waals surface area contributed by atoms with Crippen LogP contribution in [0.1, 0.15) is 20.8 Å². The van der Waals surface area contributed by atoms with Crippen molar-refractivity contribution in [1.29, 1.82) is 0 Å². The van der Waals surface area contributed by atoms with E-state index in [0.29, 0.717) is 13.2 Å². The number of carbonyl (C=O) groups is 1. The molecule has 0 bridgehead atoms. The van der Waals surface area contributed by atoms with Crippen LogP contribution in [0, 0.1) is 0 Å². The average molecular weight is 472 g/mol. The number of carboxylic acid groups (broad SMARTS) is 1. The summed E-state index contributed by atoms with van der Waals surface area (Å²) in [6, 6.07) is 20.3. The number of carbonyl (C=O) groups excluding carboxylic acids is 1. The number of benzene rings is 2. The minimum Gasteiger partial charge on any atom is -0.548 e. The van der Waals surface area contributed by atoms with Gasteiger partial charge < -0.3 is 24.3 Å². The smallest absolute Gasteiger partial charge is 0.548 e. The van der Waals surface area contributed by atoms with E-state index in [4.69, 9.17) is 19.4 Å². The third kappa shape index (κ3) is 8.18. The van der Waals surface area contributed by atoms with Gasteiger partial charge in [-0.3, -0.25) is 4.98 Å². The van der Waals surface area contributed by atoms with Gasteiger partial charge in [0.1, 0.15) is 5.82 Å². The van der Waals surface area contributed by atoms with Crippen molar-refractivity contribution in [3.05, 3.63) is 66.9 Å². The third-order valence-corrected chi connectivity index (χ3v) is 5.08. The van der Waals surface area contributed by atoms with E-state index in [1.807, 2.05) is 67.6 Å². The van der Waals surface area contributed by atoms with Gasteiger partial charge in [-0.05, 0) is 20.8 Å². The third-order valence-electron chi connectivity index (χ3n) is 5.08. The van der Waals surface area contributed by atoms with Crippen molar-refractivity contribution < 1.29 is 48.9 Å². The van der Waals surface area contributed by atoms with Gasteiger partial charge in [0.05, 0.1) is 49.5 Å². The number of aromatic nitrogens is 2. The van der Waals surface area contributed by atoms with Crippen LogP contribution in [0.15, 0.2) is 66.9 Å². The molecule has 0 aliphatic rings. The fraction of sp³-hybridized carbons (Fsp3) is 0.346. The molecule has 174 valence electrons. The Kier molecular flexibility index (Phi) is 11.7. The summed E-state index contributed by atoms with van der Waals surface area (Å²) < 4.78 is 10.8. The van der Waals surface area contributed by atoms with E-state index >= 15 is 0 Å². The van der Waals surface area contributed by atoms with Gasteiger partial charge in [-0.15, -0.1) is 0 Å². The molecule has 1 aromatic heterocycles. The molecule has 1 heterocycles. The Balaban J connectivity index is 0.00000408. The van der Waals surface area contributed by atoms with Crippen LogP contribution in [0.5, 0.6) is 0 Å². The molecule has 0 spiro atoms. The largest absolute Gasteiger partial charge is 1.00 e. The van der Waals surface area contributed by atoms with E-state index in [-0.39, 0.29) is 48.3 Å². The number of carboxylic acids is 1. The maximum absolute atomic E-state index is 10.5. The molecule has 1 atom stereocenters. The molecule has 7 nitrogen and oxygen atoms in total. The maximum atomic E-state index is 10.5. The minimum absolute atomic E-state index is 0. The van der Waals surface area contributed by atoms with E-state index in [9.17, 15) is 9.90 Å². The summed E-state index contributed by atoms with van der Waals surface area (Å²) in [5.41, 5.74) is 3.68. The van der Waals surface area contributed by atoms with Gasteiger partial charge in [-0.2, -0.15) is 0 Å². The Bertz CT molecular complexity index is 1020.